The van der Waals surface area contributed by atoms with Gasteiger partial charge in [0.1, 0.15) is 0 Å². The van der Waals surface area contributed by atoms with Crippen molar-refractivity contribution in [3.05, 3.63) is 5.28 Å². The second kappa shape index (κ2) is 7.56. The van der Waals surface area contributed by atoms with Gasteiger partial charge < -0.3 is 14.8 Å². The van der Waals surface area contributed by atoms with Crippen LogP contribution in [0.3, 0.4) is 0 Å². The van der Waals surface area contributed by atoms with Gasteiger partial charge in [-0.3, -0.25) is 4.90 Å². The van der Waals surface area contributed by atoms with E-state index in [1.807, 2.05) is 13.8 Å². The predicted octanol–water partition coefficient (Wildman–Crippen LogP) is 1.06. The topological polar surface area (TPSA) is 72.4 Å². The number of aromatic nitrogens is 3. The van der Waals surface area contributed by atoms with E-state index in [1.54, 1.807) is 0 Å². The molecule has 0 spiro atoms. The van der Waals surface area contributed by atoms with Crippen LogP contribution >= 0.6 is 11.6 Å². The number of hydrogen-bond acceptors (Lipinski definition) is 7. The minimum absolute atomic E-state index is 0.00494. The lowest BCUT2D eigenvalue weighted by Crippen LogP contribution is -2.39. The average molecular weight is 302 g/mol. The van der Waals surface area contributed by atoms with Gasteiger partial charge in [-0.25, -0.2) is 0 Å². The van der Waals surface area contributed by atoms with E-state index >= 15 is 0 Å². The Hall–Kier alpha value is -1.18. The summed E-state index contributed by atoms with van der Waals surface area (Å²) in [4.78, 5) is 14.5. The summed E-state index contributed by atoms with van der Waals surface area (Å²) in [5, 5.41) is 3.27. The summed E-state index contributed by atoms with van der Waals surface area (Å²) in [6.45, 7) is 8.97. The summed E-state index contributed by atoms with van der Waals surface area (Å²) in [7, 11) is 0. The maximum Gasteiger partial charge on any atom is 0.322 e. The Bertz CT molecular complexity index is 426. The van der Waals surface area contributed by atoms with Gasteiger partial charge in [-0.15, -0.1) is 0 Å². The van der Waals surface area contributed by atoms with Crippen molar-refractivity contribution in [2.45, 2.75) is 20.0 Å². The van der Waals surface area contributed by atoms with Gasteiger partial charge in [-0.2, -0.15) is 15.0 Å². The quantitative estimate of drug-likeness (QED) is 0.842. The molecule has 1 aromatic heterocycles. The Balaban J connectivity index is 1.83. The van der Waals surface area contributed by atoms with Crippen LogP contribution in [0.2, 0.25) is 5.28 Å². The maximum atomic E-state index is 5.85. The molecule has 8 heteroatoms. The molecule has 1 aromatic rings. The molecule has 0 atom stereocenters. The Labute approximate surface area is 123 Å². The molecule has 112 valence electrons. The van der Waals surface area contributed by atoms with Crippen LogP contribution in [0, 0.1) is 0 Å². The Morgan fingerprint density at radius 2 is 2.05 bits per heavy atom. The molecule has 2 heterocycles. The zero-order chi connectivity index (χ0) is 14.4. The van der Waals surface area contributed by atoms with Crippen molar-refractivity contribution in [1.29, 1.82) is 0 Å². The predicted molar refractivity (Wildman–Crippen MR) is 76.3 cm³/mol. The third-order valence-electron chi connectivity index (χ3n) is 2.74. The molecular formula is C12H20ClN5O2. The van der Waals surface area contributed by atoms with E-state index in [9.17, 15) is 0 Å². The highest BCUT2D eigenvalue weighted by molar-refractivity contribution is 6.28. The number of hydrogen-bond donors (Lipinski definition) is 1. The molecule has 0 amide bonds. The number of nitrogens with one attached hydrogen (secondary N) is 1. The average Bonchev–Trinajstić information content (AvgIpc) is 2.38. The number of morpholine rings is 1. The first-order valence-electron chi connectivity index (χ1n) is 6.75. The lowest BCUT2D eigenvalue weighted by Gasteiger charge is -2.26. The lowest BCUT2D eigenvalue weighted by atomic mass is 10.4. The number of halogens is 1. The molecule has 1 N–H and O–H groups in total. The van der Waals surface area contributed by atoms with Gasteiger partial charge in [0.25, 0.3) is 0 Å². The zero-order valence-electron chi connectivity index (χ0n) is 11.8. The van der Waals surface area contributed by atoms with Crippen LogP contribution in [-0.4, -0.2) is 65.3 Å². The number of rotatable bonds is 6. The van der Waals surface area contributed by atoms with Gasteiger partial charge in [0, 0.05) is 26.2 Å². The first kappa shape index (κ1) is 15.2. The molecule has 0 saturated carbocycles. The summed E-state index contributed by atoms with van der Waals surface area (Å²) < 4.78 is 10.7. The largest absolute Gasteiger partial charge is 0.461 e. The molecular weight excluding hydrogens is 282 g/mol. The van der Waals surface area contributed by atoms with Gasteiger partial charge >= 0.3 is 6.01 Å². The summed E-state index contributed by atoms with van der Waals surface area (Å²) in [5.74, 6) is 0.439. The van der Waals surface area contributed by atoms with Crippen molar-refractivity contribution >= 4 is 17.5 Å². The van der Waals surface area contributed by atoms with Crippen molar-refractivity contribution in [1.82, 2.24) is 19.9 Å². The van der Waals surface area contributed by atoms with Crippen LogP contribution in [0.15, 0.2) is 0 Å². The molecule has 0 unspecified atom stereocenters. The molecule has 1 aliphatic rings. The first-order valence-corrected chi connectivity index (χ1v) is 7.13. The fourth-order valence-electron chi connectivity index (χ4n) is 1.83. The second-order valence-corrected chi connectivity index (χ2v) is 5.10. The Morgan fingerprint density at radius 1 is 1.30 bits per heavy atom. The first-order chi connectivity index (χ1) is 9.63. The molecule has 1 saturated heterocycles. The SMILES string of the molecule is CC(C)Oc1nc(Cl)nc(NCCN2CCOCC2)n1. The zero-order valence-corrected chi connectivity index (χ0v) is 12.6. The van der Waals surface area contributed by atoms with E-state index in [0.717, 1.165) is 39.4 Å². The minimum Gasteiger partial charge on any atom is -0.461 e. The fourth-order valence-corrected chi connectivity index (χ4v) is 1.98. The highest BCUT2D eigenvalue weighted by atomic mass is 35.5. The Kier molecular flexibility index (Phi) is 5.75. The molecule has 0 radical (unpaired) electrons. The van der Waals surface area contributed by atoms with Gasteiger partial charge in [0.2, 0.25) is 11.2 Å². The van der Waals surface area contributed by atoms with Crippen LogP contribution in [-0.2, 0) is 4.74 Å². The van der Waals surface area contributed by atoms with Gasteiger partial charge in [-0.1, -0.05) is 0 Å². The van der Waals surface area contributed by atoms with Crippen LogP contribution < -0.4 is 10.1 Å². The highest BCUT2D eigenvalue weighted by Crippen LogP contribution is 2.12. The van der Waals surface area contributed by atoms with Crippen molar-refractivity contribution in [3.63, 3.8) is 0 Å². The maximum absolute atomic E-state index is 5.85. The van der Waals surface area contributed by atoms with E-state index in [4.69, 9.17) is 21.1 Å². The lowest BCUT2D eigenvalue weighted by molar-refractivity contribution is 0.0398. The van der Waals surface area contributed by atoms with Gasteiger partial charge in [0.05, 0.1) is 19.3 Å². The molecule has 1 fully saturated rings. The van der Waals surface area contributed by atoms with Crippen molar-refractivity contribution in [3.8, 4) is 6.01 Å². The van der Waals surface area contributed by atoms with Gasteiger partial charge in [-0.05, 0) is 25.4 Å². The molecule has 20 heavy (non-hydrogen) atoms. The van der Waals surface area contributed by atoms with E-state index in [1.165, 1.54) is 0 Å². The molecule has 0 aliphatic carbocycles. The minimum atomic E-state index is -0.00494. The van der Waals surface area contributed by atoms with Crippen LogP contribution in [0.4, 0.5) is 5.95 Å². The third kappa shape index (κ3) is 5.07. The standard InChI is InChI=1S/C12H20ClN5O2/c1-9(2)20-12-16-10(13)15-11(17-12)14-3-4-18-5-7-19-8-6-18/h9H,3-8H2,1-2H3,(H,14,15,16,17). The van der Waals surface area contributed by atoms with E-state index in [-0.39, 0.29) is 17.4 Å². The molecule has 0 aromatic carbocycles. The normalized spacial score (nSPS) is 16.4. The van der Waals surface area contributed by atoms with Gasteiger partial charge in [0.15, 0.2) is 0 Å². The summed E-state index contributed by atoms with van der Waals surface area (Å²) >= 11 is 5.85. The number of anilines is 1. The van der Waals surface area contributed by atoms with Crippen LogP contribution in [0.5, 0.6) is 6.01 Å². The highest BCUT2D eigenvalue weighted by Gasteiger charge is 2.11. The third-order valence-corrected chi connectivity index (χ3v) is 2.91. The molecule has 1 aliphatic heterocycles. The van der Waals surface area contributed by atoms with Crippen molar-refractivity contribution < 1.29 is 9.47 Å². The molecule has 7 nitrogen and oxygen atoms in total. The number of nitrogens with zero attached hydrogens (tertiary/aromatic N) is 4. The summed E-state index contributed by atoms with van der Waals surface area (Å²) in [5.41, 5.74) is 0. The summed E-state index contributed by atoms with van der Waals surface area (Å²) in [6.07, 6.45) is -0.00494. The molecule has 0 bridgehead atoms. The smallest absolute Gasteiger partial charge is 0.322 e. The van der Waals surface area contributed by atoms with E-state index in [0.29, 0.717) is 5.95 Å². The summed E-state index contributed by atoms with van der Waals surface area (Å²) in [6, 6.07) is 0.244. The monoisotopic (exact) mass is 301 g/mol. The van der Waals surface area contributed by atoms with Crippen LogP contribution in [0.25, 0.3) is 0 Å². The van der Waals surface area contributed by atoms with E-state index in [2.05, 4.69) is 25.2 Å². The fraction of sp³-hybridized carbons (Fsp3) is 0.750. The number of ether oxygens (including phenoxy) is 2. The van der Waals surface area contributed by atoms with Crippen molar-refractivity contribution in [2.24, 2.45) is 0 Å². The van der Waals surface area contributed by atoms with E-state index < -0.39 is 0 Å². The van der Waals surface area contributed by atoms with Crippen LogP contribution in [0.1, 0.15) is 13.8 Å². The van der Waals surface area contributed by atoms with Crippen molar-refractivity contribution in [2.75, 3.05) is 44.7 Å². The molecule has 2 rings (SSSR count). The second-order valence-electron chi connectivity index (χ2n) is 4.76. The Morgan fingerprint density at radius 3 is 2.75 bits per heavy atom.